The summed E-state index contributed by atoms with van der Waals surface area (Å²) in [4.78, 5) is 16.1. The SMILES string of the molecule is NC(=O)N(c1ccccc1)c1ccnc(F)c1. The molecule has 0 aliphatic rings. The third-order valence-corrected chi connectivity index (χ3v) is 2.20. The molecule has 1 heterocycles. The minimum Gasteiger partial charge on any atom is -0.351 e. The number of urea groups is 1. The van der Waals surface area contributed by atoms with Crippen molar-refractivity contribution in [3.8, 4) is 0 Å². The third kappa shape index (κ3) is 2.39. The molecule has 86 valence electrons. The number of nitrogens with zero attached hydrogens (tertiary/aromatic N) is 2. The molecule has 2 N–H and O–H groups in total. The number of primary amides is 1. The largest absolute Gasteiger partial charge is 0.351 e. The van der Waals surface area contributed by atoms with Gasteiger partial charge in [-0.2, -0.15) is 4.39 Å². The van der Waals surface area contributed by atoms with E-state index in [1.165, 1.54) is 17.2 Å². The van der Waals surface area contributed by atoms with Crippen LogP contribution < -0.4 is 10.6 Å². The number of nitrogens with two attached hydrogens (primary N) is 1. The number of carbonyl (C=O) groups excluding carboxylic acids is 1. The summed E-state index contributed by atoms with van der Waals surface area (Å²) in [5.41, 5.74) is 6.21. The van der Waals surface area contributed by atoms with Gasteiger partial charge in [-0.1, -0.05) is 18.2 Å². The van der Waals surface area contributed by atoms with E-state index in [4.69, 9.17) is 5.73 Å². The minimum absolute atomic E-state index is 0.344. The highest BCUT2D eigenvalue weighted by Crippen LogP contribution is 2.24. The summed E-state index contributed by atoms with van der Waals surface area (Å²) in [6.07, 6.45) is 1.28. The van der Waals surface area contributed by atoms with Gasteiger partial charge in [0.25, 0.3) is 0 Å². The number of halogens is 1. The molecule has 5 heteroatoms. The van der Waals surface area contributed by atoms with Crippen LogP contribution in [0.4, 0.5) is 20.6 Å². The highest BCUT2D eigenvalue weighted by atomic mass is 19.1. The van der Waals surface area contributed by atoms with Crippen LogP contribution in [0.1, 0.15) is 0 Å². The van der Waals surface area contributed by atoms with Crippen molar-refractivity contribution in [2.45, 2.75) is 0 Å². The van der Waals surface area contributed by atoms with E-state index in [1.807, 2.05) is 6.07 Å². The molecule has 4 nitrogen and oxygen atoms in total. The molecule has 0 aliphatic carbocycles. The third-order valence-electron chi connectivity index (χ3n) is 2.20. The van der Waals surface area contributed by atoms with Gasteiger partial charge in [-0.05, 0) is 18.2 Å². The van der Waals surface area contributed by atoms with Crippen molar-refractivity contribution >= 4 is 17.4 Å². The fraction of sp³-hybridized carbons (Fsp3) is 0. The Balaban J connectivity index is 2.47. The quantitative estimate of drug-likeness (QED) is 0.807. The van der Waals surface area contributed by atoms with Gasteiger partial charge in [0.2, 0.25) is 5.95 Å². The number of para-hydroxylation sites is 1. The van der Waals surface area contributed by atoms with Gasteiger partial charge in [-0.25, -0.2) is 9.78 Å². The van der Waals surface area contributed by atoms with Crippen LogP contribution in [-0.2, 0) is 0 Å². The van der Waals surface area contributed by atoms with Crippen molar-refractivity contribution in [1.82, 2.24) is 4.98 Å². The van der Waals surface area contributed by atoms with Crippen molar-refractivity contribution in [3.05, 3.63) is 54.6 Å². The molecule has 17 heavy (non-hydrogen) atoms. The van der Waals surface area contributed by atoms with Gasteiger partial charge in [0, 0.05) is 12.3 Å². The molecule has 0 aliphatic heterocycles. The average molecular weight is 231 g/mol. The fourth-order valence-electron chi connectivity index (χ4n) is 1.51. The molecule has 0 fully saturated rings. The minimum atomic E-state index is -0.679. The van der Waals surface area contributed by atoms with E-state index in [1.54, 1.807) is 24.3 Å². The van der Waals surface area contributed by atoms with Crippen molar-refractivity contribution in [2.24, 2.45) is 5.73 Å². The zero-order valence-corrected chi connectivity index (χ0v) is 8.88. The van der Waals surface area contributed by atoms with E-state index >= 15 is 0 Å². The summed E-state index contributed by atoms with van der Waals surface area (Å²) in [7, 11) is 0. The molecule has 1 aromatic carbocycles. The second kappa shape index (κ2) is 4.61. The molecule has 0 spiro atoms. The predicted octanol–water partition coefficient (Wildman–Crippen LogP) is 2.44. The molecule has 0 radical (unpaired) electrons. The van der Waals surface area contributed by atoms with E-state index in [-0.39, 0.29) is 0 Å². The molecule has 0 saturated heterocycles. The van der Waals surface area contributed by atoms with Crippen LogP contribution in [0.25, 0.3) is 0 Å². The molecule has 0 unspecified atom stereocenters. The summed E-state index contributed by atoms with van der Waals surface area (Å²) in [6.45, 7) is 0. The lowest BCUT2D eigenvalue weighted by Crippen LogP contribution is -2.31. The monoisotopic (exact) mass is 231 g/mol. The standard InChI is InChI=1S/C12H10FN3O/c13-11-8-10(6-7-15-11)16(12(14)17)9-4-2-1-3-5-9/h1-8H,(H2,14,17). The number of amides is 2. The lowest BCUT2D eigenvalue weighted by atomic mass is 10.2. The van der Waals surface area contributed by atoms with Crippen LogP contribution in [0, 0.1) is 5.95 Å². The van der Waals surface area contributed by atoms with Crippen LogP contribution in [0.15, 0.2) is 48.7 Å². The Morgan fingerprint density at radius 1 is 1.18 bits per heavy atom. The molecule has 2 amide bonds. The van der Waals surface area contributed by atoms with Crippen molar-refractivity contribution in [3.63, 3.8) is 0 Å². The van der Waals surface area contributed by atoms with E-state index in [2.05, 4.69) is 4.98 Å². The van der Waals surface area contributed by atoms with Gasteiger partial charge >= 0.3 is 6.03 Å². The summed E-state index contributed by atoms with van der Waals surface area (Å²) >= 11 is 0. The molecule has 2 rings (SSSR count). The fourth-order valence-corrected chi connectivity index (χ4v) is 1.51. The molecular formula is C12H10FN3O. The summed E-state index contributed by atoms with van der Waals surface area (Å²) in [5, 5.41) is 0. The first kappa shape index (κ1) is 11.1. The summed E-state index contributed by atoms with van der Waals surface area (Å²) < 4.78 is 13.0. The zero-order chi connectivity index (χ0) is 12.3. The lowest BCUT2D eigenvalue weighted by molar-refractivity contribution is 0.256. The molecule has 0 atom stereocenters. The van der Waals surface area contributed by atoms with Crippen LogP contribution in [-0.4, -0.2) is 11.0 Å². The Kier molecular flexibility index (Phi) is 3.00. The lowest BCUT2D eigenvalue weighted by Gasteiger charge is -2.20. The first-order valence-electron chi connectivity index (χ1n) is 4.94. The number of aromatic nitrogens is 1. The zero-order valence-electron chi connectivity index (χ0n) is 8.88. The maximum absolute atomic E-state index is 13.0. The Bertz CT molecular complexity index is 530. The molecular weight excluding hydrogens is 221 g/mol. The second-order valence-corrected chi connectivity index (χ2v) is 3.35. The van der Waals surface area contributed by atoms with Crippen LogP contribution in [0.3, 0.4) is 0 Å². The van der Waals surface area contributed by atoms with E-state index in [0.717, 1.165) is 6.07 Å². The molecule has 1 aromatic heterocycles. The predicted molar refractivity (Wildman–Crippen MR) is 62.4 cm³/mol. The second-order valence-electron chi connectivity index (χ2n) is 3.35. The smallest absolute Gasteiger partial charge is 0.323 e. The molecule has 0 saturated carbocycles. The highest BCUT2D eigenvalue weighted by Gasteiger charge is 2.15. The van der Waals surface area contributed by atoms with Gasteiger partial charge in [-0.3, -0.25) is 4.90 Å². The topological polar surface area (TPSA) is 59.2 Å². The Morgan fingerprint density at radius 2 is 1.88 bits per heavy atom. The summed E-state index contributed by atoms with van der Waals surface area (Å²) in [6, 6.07) is 10.8. The number of carbonyl (C=O) groups is 1. The Hall–Kier alpha value is -2.43. The Morgan fingerprint density at radius 3 is 2.47 bits per heavy atom. The number of hydrogen-bond donors (Lipinski definition) is 1. The molecule has 0 bridgehead atoms. The van der Waals surface area contributed by atoms with Gasteiger partial charge in [0.15, 0.2) is 0 Å². The maximum Gasteiger partial charge on any atom is 0.323 e. The number of anilines is 2. The van der Waals surface area contributed by atoms with E-state index < -0.39 is 12.0 Å². The number of benzene rings is 1. The maximum atomic E-state index is 13.0. The highest BCUT2D eigenvalue weighted by molar-refractivity contribution is 5.98. The van der Waals surface area contributed by atoms with Crippen LogP contribution in [0.5, 0.6) is 0 Å². The van der Waals surface area contributed by atoms with Crippen molar-refractivity contribution in [1.29, 1.82) is 0 Å². The first-order valence-corrected chi connectivity index (χ1v) is 4.94. The van der Waals surface area contributed by atoms with E-state index in [0.29, 0.717) is 11.4 Å². The van der Waals surface area contributed by atoms with Crippen molar-refractivity contribution < 1.29 is 9.18 Å². The van der Waals surface area contributed by atoms with Crippen LogP contribution >= 0.6 is 0 Å². The number of pyridine rings is 1. The van der Waals surface area contributed by atoms with Gasteiger partial charge in [0.1, 0.15) is 0 Å². The normalized spacial score (nSPS) is 9.94. The summed E-state index contributed by atoms with van der Waals surface area (Å²) in [5.74, 6) is -0.662. The van der Waals surface area contributed by atoms with Gasteiger partial charge < -0.3 is 5.73 Å². The average Bonchev–Trinajstić information content (AvgIpc) is 2.30. The number of rotatable bonds is 2. The molecule has 2 aromatic rings. The first-order chi connectivity index (χ1) is 8.18. The Labute approximate surface area is 97.5 Å². The van der Waals surface area contributed by atoms with Gasteiger partial charge in [-0.15, -0.1) is 0 Å². The van der Waals surface area contributed by atoms with Crippen LogP contribution in [0.2, 0.25) is 0 Å². The van der Waals surface area contributed by atoms with Crippen molar-refractivity contribution in [2.75, 3.05) is 4.90 Å². The van der Waals surface area contributed by atoms with E-state index in [9.17, 15) is 9.18 Å². The van der Waals surface area contributed by atoms with Gasteiger partial charge in [0.05, 0.1) is 11.4 Å². The number of hydrogen-bond acceptors (Lipinski definition) is 2.